The van der Waals surface area contributed by atoms with Gasteiger partial charge < -0.3 is 11.1 Å². The van der Waals surface area contributed by atoms with Gasteiger partial charge in [0.1, 0.15) is 0 Å². The Morgan fingerprint density at radius 1 is 1.20 bits per heavy atom. The maximum atomic E-state index is 7.40. The van der Waals surface area contributed by atoms with Crippen LogP contribution in [0.15, 0.2) is 11.4 Å². The fraction of sp³-hybridized carbons (Fsp3) is 0.600. The molecule has 2 heterocycles. The Morgan fingerprint density at radius 2 is 1.88 bits per heavy atom. The molecule has 1 saturated heterocycles. The van der Waals surface area contributed by atoms with Crippen LogP contribution in [0.5, 0.6) is 0 Å². The van der Waals surface area contributed by atoms with Crippen LogP contribution in [0.3, 0.4) is 0 Å². The number of nitrogens with two attached hydrogens (primary N) is 1. The molecule has 0 unspecified atom stereocenters. The van der Waals surface area contributed by atoms with Gasteiger partial charge in [-0.25, -0.2) is 0 Å². The molecule has 1 aliphatic heterocycles. The molecule has 0 radical (unpaired) electrons. The average molecular weight is 449 g/mol. The van der Waals surface area contributed by atoms with E-state index in [1.165, 1.54) is 42.8 Å². The number of halogens is 3. The Morgan fingerprint density at radius 3 is 2.52 bits per heavy atom. The van der Waals surface area contributed by atoms with Crippen LogP contribution in [0.4, 0.5) is 0 Å². The number of rotatable bonds is 7. The van der Waals surface area contributed by atoms with Gasteiger partial charge in [0, 0.05) is 29.5 Å². The van der Waals surface area contributed by atoms with E-state index >= 15 is 0 Å². The summed E-state index contributed by atoms with van der Waals surface area (Å²) in [5.74, 6) is 1.73. The van der Waals surface area contributed by atoms with Gasteiger partial charge in [-0.15, -0.1) is 48.6 Å². The zero-order valence-corrected chi connectivity index (χ0v) is 18.2. The van der Waals surface area contributed by atoms with Crippen molar-refractivity contribution >= 4 is 72.0 Å². The van der Waals surface area contributed by atoms with Gasteiger partial charge in [-0.1, -0.05) is 6.42 Å². The molecule has 1 fully saturated rings. The van der Waals surface area contributed by atoms with Crippen LogP contribution < -0.4 is 11.1 Å². The lowest BCUT2D eigenvalue weighted by Crippen LogP contribution is -2.36. The fourth-order valence-electron chi connectivity index (χ4n) is 2.46. The number of hydrogen-bond acceptors (Lipinski definition) is 5. The predicted molar refractivity (Wildman–Crippen MR) is 119 cm³/mol. The number of nitrogens with one attached hydrogen (secondary N) is 3. The highest BCUT2D eigenvalue weighted by atomic mass is 35.5. The largest absolute Gasteiger partial charge is 0.381 e. The van der Waals surface area contributed by atoms with E-state index in [1.54, 1.807) is 0 Å². The minimum atomic E-state index is -0.204. The van der Waals surface area contributed by atoms with Crippen molar-refractivity contribution in [1.29, 1.82) is 10.8 Å². The normalized spacial score (nSPS) is 13.8. The summed E-state index contributed by atoms with van der Waals surface area (Å²) in [7, 11) is 0. The first-order valence-corrected chi connectivity index (χ1v) is 9.72. The minimum absolute atomic E-state index is 0. The number of thiophene rings is 1. The van der Waals surface area contributed by atoms with Gasteiger partial charge >= 0.3 is 0 Å². The molecule has 0 aliphatic carbocycles. The average Bonchev–Trinajstić information content (AvgIpc) is 2.95. The van der Waals surface area contributed by atoms with Gasteiger partial charge in [0.15, 0.2) is 11.7 Å². The van der Waals surface area contributed by atoms with E-state index in [2.05, 4.69) is 21.7 Å². The zero-order chi connectivity index (χ0) is 15.8. The monoisotopic (exact) mass is 447 g/mol. The van der Waals surface area contributed by atoms with Crippen LogP contribution in [-0.2, 0) is 12.3 Å². The molecule has 1 aromatic heterocycles. The summed E-state index contributed by atoms with van der Waals surface area (Å²) in [5.41, 5.74) is 6.60. The summed E-state index contributed by atoms with van der Waals surface area (Å²) in [6, 6.07) is 2.33. The van der Waals surface area contributed by atoms with Crippen LogP contribution in [0.2, 0.25) is 0 Å². The van der Waals surface area contributed by atoms with Gasteiger partial charge in [-0.3, -0.25) is 15.7 Å². The van der Waals surface area contributed by atoms with Crippen LogP contribution in [0.25, 0.3) is 0 Å². The minimum Gasteiger partial charge on any atom is -0.381 e. The van der Waals surface area contributed by atoms with Gasteiger partial charge in [-0.05, 0) is 42.9 Å². The third kappa shape index (κ3) is 10.5. The highest BCUT2D eigenvalue weighted by Gasteiger charge is 2.11. The highest BCUT2D eigenvalue weighted by Crippen LogP contribution is 2.22. The van der Waals surface area contributed by atoms with E-state index in [-0.39, 0.29) is 48.9 Å². The van der Waals surface area contributed by atoms with Crippen LogP contribution in [0.1, 0.15) is 29.7 Å². The van der Waals surface area contributed by atoms with Crippen molar-refractivity contribution in [3.05, 3.63) is 21.9 Å². The van der Waals surface area contributed by atoms with Crippen molar-refractivity contribution in [2.24, 2.45) is 5.73 Å². The summed E-state index contributed by atoms with van der Waals surface area (Å²) < 4.78 is 0. The summed E-state index contributed by atoms with van der Waals surface area (Å²) in [4.78, 5) is 4.03. The van der Waals surface area contributed by atoms with Crippen LogP contribution in [0, 0.1) is 10.8 Å². The van der Waals surface area contributed by atoms with E-state index in [4.69, 9.17) is 16.6 Å². The standard InChI is InChI=1S/C15H25N5S2.3ClH/c16-14(17)15(18)19-4-7-21-10-12-8-13(22-11-12)9-20-5-2-1-3-6-20;;;/h8,11H,1-7,9-10H2,(H3,16,17)(H2,18,19);3*1H. The summed E-state index contributed by atoms with van der Waals surface area (Å²) >= 11 is 3.71. The highest BCUT2D eigenvalue weighted by molar-refractivity contribution is 7.98. The molecule has 2 rings (SSSR count). The number of amidine groups is 2. The Bertz CT molecular complexity index is 507. The van der Waals surface area contributed by atoms with Gasteiger partial charge in [0.25, 0.3) is 0 Å². The summed E-state index contributed by atoms with van der Waals surface area (Å²) in [6.45, 7) is 4.27. The topological polar surface area (TPSA) is 89.0 Å². The predicted octanol–water partition coefficient (Wildman–Crippen LogP) is 3.74. The van der Waals surface area contributed by atoms with Crippen molar-refractivity contribution < 1.29 is 0 Å². The molecular weight excluding hydrogens is 421 g/mol. The number of thioether (sulfide) groups is 1. The second-order valence-electron chi connectivity index (χ2n) is 5.53. The van der Waals surface area contributed by atoms with E-state index in [0.29, 0.717) is 6.54 Å². The third-order valence-electron chi connectivity index (χ3n) is 3.62. The van der Waals surface area contributed by atoms with Gasteiger partial charge in [0.05, 0.1) is 0 Å². The molecular formula is C15H28Cl3N5S2. The molecule has 1 aromatic rings. The number of piperidine rings is 1. The Kier molecular flexibility index (Phi) is 16.2. The first-order valence-electron chi connectivity index (χ1n) is 7.68. The summed E-state index contributed by atoms with van der Waals surface area (Å²) in [5, 5.41) is 19.6. The number of likely N-dealkylation sites (tertiary alicyclic amines) is 1. The number of nitrogens with zero attached hydrogens (tertiary/aromatic N) is 1. The maximum Gasteiger partial charge on any atom is 0.160 e. The zero-order valence-electron chi connectivity index (χ0n) is 14.1. The lowest BCUT2D eigenvalue weighted by Gasteiger charge is -2.25. The van der Waals surface area contributed by atoms with Crippen molar-refractivity contribution in [1.82, 2.24) is 10.2 Å². The Balaban J connectivity index is 0. The second kappa shape index (κ2) is 14.9. The summed E-state index contributed by atoms with van der Waals surface area (Å²) in [6.07, 6.45) is 4.07. The van der Waals surface area contributed by atoms with Gasteiger partial charge in [-0.2, -0.15) is 11.8 Å². The van der Waals surface area contributed by atoms with Crippen molar-refractivity contribution in [2.45, 2.75) is 31.6 Å². The molecule has 0 aromatic carbocycles. The first-order chi connectivity index (χ1) is 10.6. The molecule has 5 N–H and O–H groups in total. The first kappa shape index (κ1) is 27.0. The van der Waals surface area contributed by atoms with Crippen LogP contribution >= 0.6 is 60.3 Å². The fourth-order valence-corrected chi connectivity index (χ4v) is 4.29. The van der Waals surface area contributed by atoms with E-state index < -0.39 is 0 Å². The molecule has 0 atom stereocenters. The maximum absolute atomic E-state index is 7.40. The molecule has 1 aliphatic rings. The lowest BCUT2D eigenvalue weighted by molar-refractivity contribution is 0.222. The molecule has 0 spiro atoms. The van der Waals surface area contributed by atoms with E-state index in [1.807, 2.05) is 23.1 Å². The Hall–Kier alpha value is -0.180. The second-order valence-corrected chi connectivity index (χ2v) is 7.63. The molecule has 10 heteroatoms. The molecule has 0 saturated carbocycles. The third-order valence-corrected chi connectivity index (χ3v) is 5.62. The molecule has 0 amide bonds. The van der Waals surface area contributed by atoms with Gasteiger partial charge in [0.2, 0.25) is 0 Å². The lowest BCUT2D eigenvalue weighted by atomic mass is 10.1. The van der Waals surface area contributed by atoms with Crippen molar-refractivity contribution in [2.75, 3.05) is 25.4 Å². The molecule has 0 bridgehead atoms. The van der Waals surface area contributed by atoms with Crippen LogP contribution in [-0.4, -0.2) is 42.0 Å². The number of hydrogen-bond donors (Lipinski definition) is 4. The molecule has 25 heavy (non-hydrogen) atoms. The Labute approximate surface area is 177 Å². The van der Waals surface area contributed by atoms with Crippen molar-refractivity contribution in [3.8, 4) is 0 Å². The molecule has 5 nitrogen and oxygen atoms in total. The van der Waals surface area contributed by atoms with E-state index in [9.17, 15) is 0 Å². The quantitative estimate of drug-likeness (QED) is 0.291. The molecule has 146 valence electrons. The van der Waals surface area contributed by atoms with Crippen molar-refractivity contribution in [3.63, 3.8) is 0 Å². The SMILES string of the molecule is Cl.Cl.Cl.N=C(N)C(=N)NCCSCc1csc(CN2CCCCC2)c1. The van der Waals surface area contributed by atoms with E-state index in [0.717, 1.165) is 18.1 Å². The smallest absolute Gasteiger partial charge is 0.160 e.